The summed E-state index contributed by atoms with van der Waals surface area (Å²) < 4.78 is 17.7. The molecule has 0 aromatic rings. The SMILES string of the molecule is CCC(C)C(O)C/C=C\C1CC(OC(C)=O)CC(C/C=C(\C)CC/C=C/C=C2\COC3C(O)C(C)=CCC23)O1. The molecule has 2 N–H and O–H groups in total. The second-order valence-corrected chi connectivity index (χ2v) is 11.6. The van der Waals surface area contributed by atoms with Gasteiger partial charge in [0.2, 0.25) is 0 Å². The van der Waals surface area contributed by atoms with Gasteiger partial charge in [-0.3, -0.25) is 4.79 Å². The van der Waals surface area contributed by atoms with Crippen LogP contribution in [-0.2, 0) is 19.0 Å². The highest BCUT2D eigenvalue weighted by Crippen LogP contribution is 2.37. The first-order chi connectivity index (χ1) is 18.7. The van der Waals surface area contributed by atoms with Crippen LogP contribution in [0.2, 0.25) is 0 Å². The number of carbonyl (C=O) groups excluding carboxylic acids is 1. The standard InChI is InChI=1S/C33H50O6/c1-6-23(3)31(35)14-10-13-27-19-29(38-25(5)34)20-28(39-27)17-15-22(2)11-8-7-9-12-26-21-37-33-30(26)18-16-24(4)32(33)36/h7,9-10,12-13,15-16,23,27-33,35-36H,6,8,11,14,17-21H2,1-5H3/b9-7+,13-10-,22-15+,26-12+. The van der Waals surface area contributed by atoms with E-state index in [0.717, 1.165) is 37.7 Å². The van der Waals surface area contributed by atoms with Crippen LogP contribution in [0.25, 0.3) is 0 Å². The lowest BCUT2D eigenvalue weighted by molar-refractivity contribution is -0.156. The molecule has 39 heavy (non-hydrogen) atoms. The van der Waals surface area contributed by atoms with E-state index in [1.807, 2.05) is 19.1 Å². The number of fused-ring (bicyclic) bond motifs is 1. The van der Waals surface area contributed by atoms with Gasteiger partial charge in [0.1, 0.15) is 12.2 Å². The third kappa shape index (κ3) is 9.86. The van der Waals surface area contributed by atoms with Gasteiger partial charge < -0.3 is 24.4 Å². The summed E-state index contributed by atoms with van der Waals surface area (Å²) in [6.45, 7) is 10.3. The van der Waals surface area contributed by atoms with Crippen LogP contribution in [0.5, 0.6) is 0 Å². The Morgan fingerprint density at radius 2 is 2.05 bits per heavy atom. The predicted octanol–water partition coefficient (Wildman–Crippen LogP) is 6.14. The molecule has 2 saturated heterocycles. The van der Waals surface area contributed by atoms with Crippen molar-refractivity contribution in [1.29, 1.82) is 0 Å². The number of hydrogen-bond donors (Lipinski definition) is 2. The molecule has 2 heterocycles. The topological polar surface area (TPSA) is 85.2 Å². The predicted molar refractivity (Wildman–Crippen MR) is 155 cm³/mol. The highest BCUT2D eigenvalue weighted by molar-refractivity contribution is 5.66. The third-order valence-electron chi connectivity index (χ3n) is 8.42. The maximum absolute atomic E-state index is 11.6. The van der Waals surface area contributed by atoms with Crippen molar-refractivity contribution in [2.45, 2.75) is 123 Å². The van der Waals surface area contributed by atoms with E-state index in [-0.39, 0.29) is 48.3 Å². The first-order valence-corrected chi connectivity index (χ1v) is 14.8. The zero-order valence-corrected chi connectivity index (χ0v) is 24.6. The van der Waals surface area contributed by atoms with E-state index in [1.165, 1.54) is 18.1 Å². The smallest absolute Gasteiger partial charge is 0.302 e. The van der Waals surface area contributed by atoms with Gasteiger partial charge in [-0.1, -0.05) is 68.4 Å². The Labute approximate surface area is 235 Å². The second-order valence-electron chi connectivity index (χ2n) is 11.6. The molecule has 0 amide bonds. The summed E-state index contributed by atoms with van der Waals surface area (Å²) in [5, 5.41) is 20.6. The minimum absolute atomic E-state index is 0.00805. The number of allylic oxidation sites excluding steroid dienone is 5. The number of esters is 1. The monoisotopic (exact) mass is 542 g/mol. The van der Waals surface area contributed by atoms with Gasteiger partial charge in [0.05, 0.1) is 31.0 Å². The molecule has 2 aliphatic heterocycles. The number of ether oxygens (including phenoxy) is 3. The van der Waals surface area contributed by atoms with Crippen LogP contribution in [0.4, 0.5) is 0 Å². The first kappa shape index (κ1) is 31.5. The van der Waals surface area contributed by atoms with Crippen molar-refractivity contribution in [2.24, 2.45) is 11.8 Å². The van der Waals surface area contributed by atoms with E-state index in [2.05, 4.69) is 51.2 Å². The van der Waals surface area contributed by atoms with Crippen LogP contribution in [-0.4, -0.2) is 59.4 Å². The number of rotatable bonds is 12. The van der Waals surface area contributed by atoms with Crippen molar-refractivity contribution in [1.82, 2.24) is 0 Å². The van der Waals surface area contributed by atoms with Crippen molar-refractivity contribution < 1.29 is 29.2 Å². The molecule has 0 radical (unpaired) electrons. The molecule has 3 aliphatic rings. The minimum Gasteiger partial charge on any atom is -0.462 e. The van der Waals surface area contributed by atoms with Gasteiger partial charge in [0, 0.05) is 25.7 Å². The molecule has 218 valence electrons. The Bertz CT molecular complexity index is 944. The van der Waals surface area contributed by atoms with E-state index in [1.54, 1.807) is 0 Å². The number of carbonyl (C=O) groups is 1. The van der Waals surface area contributed by atoms with Crippen LogP contribution >= 0.6 is 0 Å². The number of aliphatic hydroxyl groups excluding tert-OH is 2. The third-order valence-corrected chi connectivity index (χ3v) is 8.42. The van der Waals surface area contributed by atoms with Gasteiger partial charge in [-0.05, 0) is 63.0 Å². The van der Waals surface area contributed by atoms with Gasteiger partial charge in [-0.2, -0.15) is 0 Å². The summed E-state index contributed by atoms with van der Waals surface area (Å²) in [4.78, 5) is 11.6. The molecule has 0 saturated carbocycles. The maximum atomic E-state index is 11.6. The molecule has 0 bridgehead atoms. The molecule has 0 spiro atoms. The fourth-order valence-electron chi connectivity index (χ4n) is 5.61. The first-order valence-electron chi connectivity index (χ1n) is 14.8. The number of hydrogen-bond acceptors (Lipinski definition) is 6. The maximum Gasteiger partial charge on any atom is 0.302 e. The summed E-state index contributed by atoms with van der Waals surface area (Å²) >= 11 is 0. The van der Waals surface area contributed by atoms with Crippen molar-refractivity contribution in [3.8, 4) is 0 Å². The Balaban J connectivity index is 1.46. The average Bonchev–Trinajstić information content (AvgIpc) is 3.31. The van der Waals surface area contributed by atoms with E-state index in [4.69, 9.17) is 14.2 Å². The molecule has 0 aromatic carbocycles. The lowest BCUT2D eigenvalue weighted by atomic mass is 9.82. The van der Waals surface area contributed by atoms with E-state index >= 15 is 0 Å². The Hall–Kier alpha value is -1.99. The van der Waals surface area contributed by atoms with Crippen molar-refractivity contribution in [3.05, 3.63) is 59.3 Å². The van der Waals surface area contributed by atoms with Crippen LogP contribution in [0.1, 0.15) is 86.0 Å². The molecular formula is C33H50O6. The van der Waals surface area contributed by atoms with Crippen molar-refractivity contribution in [3.63, 3.8) is 0 Å². The fraction of sp³-hybridized carbons (Fsp3) is 0.667. The second kappa shape index (κ2) is 15.7. The highest BCUT2D eigenvalue weighted by atomic mass is 16.6. The van der Waals surface area contributed by atoms with Crippen LogP contribution in [0.3, 0.4) is 0 Å². The van der Waals surface area contributed by atoms with Crippen molar-refractivity contribution >= 4 is 5.97 Å². The number of aliphatic hydroxyl groups is 2. The minimum atomic E-state index is -0.488. The largest absolute Gasteiger partial charge is 0.462 e. The van der Waals surface area contributed by atoms with Crippen LogP contribution in [0.15, 0.2) is 59.3 Å². The van der Waals surface area contributed by atoms with Gasteiger partial charge >= 0.3 is 5.97 Å². The fourth-order valence-corrected chi connectivity index (χ4v) is 5.61. The zero-order chi connectivity index (χ0) is 28.4. The summed E-state index contributed by atoms with van der Waals surface area (Å²) in [6, 6.07) is 0. The van der Waals surface area contributed by atoms with E-state index < -0.39 is 6.10 Å². The Morgan fingerprint density at radius 1 is 1.26 bits per heavy atom. The molecule has 0 aromatic heterocycles. The normalized spacial score (nSPS) is 32.4. The van der Waals surface area contributed by atoms with Crippen LogP contribution in [0, 0.1) is 11.8 Å². The summed E-state index contributed by atoms with van der Waals surface area (Å²) in [7, 11) is 0. The quantitative estimate of drug-likeness (QED) is 0.227. The molecule has 8 unspecified atom stereocenters. The van der Waals surface area contributed by atoms with Gasteiger partial charge in [-0.15, -0.1) is 0 Å². The summed E-state index contributed by atoms with van der Waals surface area (Å²) in [5.41, 5.74) is 3.59. The molecule has 3 rings (SSSR count). The molecule has 1 aliphatic carbocycles. The molecule has 8 atom stereocenters. The van der Waals surface area contributed by atoms with E-state index in [9.17, 15) is 15.0 Å². The lowest BCUT2D eigenvalue weighted by Crippen LogP contribution is -2.36. The average molecular weight is 543 g/mol. The Kier molecular flexibility index (Phi) is 12.7. The van der Waals surface area contributed by atoms with Crippen molar-refractivity contribution in [2.75, 3.05) is 6.61 Å². The summed E-state index contributed by atoms with van der Waals surface area (Å²) in [6.07, 6.45) is 20.2. The van der Waals surface area contributed by atoms with E-state index in [0.29, 0.717) is 25.9 Å². The molecule has 6 nitrogen and oxygen atoms in total. The summed E-state index contributed by atoms with van der Waals surface area (Å²) in [5.74, 6) is 0.291. The molecule has 6 heteroatoms. The highest BCUT2D eigenvalue weighted by Gasteiger charge is 2.39. The Morgan fingerprint density at radius 3 is 2.79 bits per heavy atom. The zero-order valence-electron chi connectivity index (χ0n) is 24.6. The van der Waals surface area contributed by atoms with Crippen LogP contribution < -0.4 is 0 Å². The van der Waals surface area contributed by atoms with Gasteiger partial charge in [0.15, 0.2) is 0 Å². The van der Waals surface area contributed by atoms with Gasteiger partial charge in [-0.25, -0.2) is 0 Å². The molecular weight excluding hydrogens is 492 g/mol. The molecule has 2 fully saturated rings. The van der Waals surface area contributed by atoms with Gasteiger partial charge in [0.25, 0.3) is 0 Å². The lowest BCUT2D eigenvalue weighted by Gasteiger charge is -2.33.